The molecule has 1 aromatic carbocycles. The van der Waals surface area contributed by atoms with Crippen LogP contribution in [0.1, 0.15) is 18.4 Å². The Morgan fingerprint density at radius 1 is 1.20 bits per heavy atom. The molecule has 0 unspecified atom stereocenters. The van der Waals surface area contributed by atoms with Crippen molar-refractivity contribution in [3.63, 3.8) is 0 Å². The second-order valence-corrected chi connectivity index (χ2v) is 6.34. The quantitative estimate of drug-likeness (QED) is 0.768. The highest BCUT2D eigenvalue weighted by Gasteiger charge is 2.21. The van der Waals surface area contributed by atoms with Crippen LogP contribution in [0.3, 0.4) is 0 Å². The second-order valence-electron chi connectivity index (χ2n) is 6.34. The first-order valence-electron chi connectivity index (χ1n) is 8.31. The summed E-state index contributed by atoms with van der Waals surface area (Å²) in [5.74, 6) is 0.394. The molecular formula is C17H19FN6O. The summed E-state index contributed by atoms with van der Waals surface area (Å²) in [5, 5.41) is 4.46. The maximum absolute atomic E-state index is 13.0. The lowest BCUT2D eigenvalue weighted by atomic mass is 10.1. The van der Waals surface area contributed by atoms with Crippen LogP contribution in [0.15, 0.2) is 41.5 Å². The highest BCUT2D eigenvalue weighted by Crippen LogP contribution is 2.20. The maximum atomic E-state index is 13.0. The van der Waals surface area contributed by atoms with Crippen molar-refractivity contribution in [2.24, 2.45) is 5.73 Å². The van der Waals surface area contributed by atoms with Gasteiger partial charge in [0.2, 0.25) is 5.65 Å². The van der Waals surface area contributed by atoms with Crippen molar-refractivity contribution in [2.45, 2.75) is 25.4 Å². The largest absolute Gasteiger partial charge is 0.353 e. The Balaban J connectivity index is 1.70. The van der Waals surface area contributed by atoms with E-state index in [0.29, 0.717) is 11.5 Å². The van der Waals surface area contributed by atoms with E-state index in [1.165, 1.54) is 21.2 Å². The maximum Gasteiger partial charge on any atom is 0.350 e. The summed E-state index contributed by atoms with van der Waals surface area (Å²) in [4.78, 5) is 19.2. The minimum atomic E-state index is -0.305. The van der Waals surface area contributed by atoms with E-state index in [2.05, 4.69) is 15.0 Å². The first-order chi connectivity index (χ1) is 12.1. The van der Waals surface area contributed by atoms with Gasteiger partial charge in [-0.3, -0.25) is 0 Å². The number of halogens is 1. The van der Waals surface area contributed by atoms with E-state index in [1.54, 1.807) is 24.5 Å². The predicted molar refractivity (Wildman–Crippen MR) is 92.2 cm³/mol. The minimum Gasteiger partial charge on any atom is -0.353 e. The minimum absolute atomic E-state index is 0.217. The molecule has 7 nitrogen and oxygen atoms in total. The van der Waals surface area contributed by atoms with Crippen LogP contribution in [-0.2, 0) is 6.54 Å². The molecule has 2 N–H and O–H groups in total. The summed E-state index contributed by atoms with van der Waals surface area (Å²) < 4.78 is 15.9. The summed E-state index contributed by atoms with van der Waals surface area (Å²) in [5.41, 5.74) is 7.07. The number of anilines is 1. The third kappa shape index (κ3) is 3.00. The molecule has 3 heterocycles. The molecular weight excluding hydrogens is 323 g/mol. The number of nitrogens with two attached hydrogens (primary N) is 1. The average Bonchev–Trinajstić information content (AvgIpc) is 2.94. The third-order valence-corrected chi connectivity index (χ3v) is 4.57. The van der Waals surface area contributed by atoms with E-state index in [9.17, 15) is 9.18 Å². The number of piperidine rings is 1. The zero-order chi connectivity index (χ0) is 17.4. The molecule has 0 amide bonds. The van der Waals surface area contributed by atoms with Gasteiger partial charge < -0.3 is 10.6 Å². The number of hydrogen-bond acceptors (Lipinski definition) is 5. The van der Waals surface area contributed by atoms with Crippen LogP contribution < -0.4 is 16.3 Å². The van der Waals surface area contributed by atoms with Crippen molar-refractivity contribution in [1.29, 1.82) is 0 Å². The van der Waals surface area contributed by atoms with Gasteiger partial charge in [0.25, 0.3) is 0 Å². The van der Waals surface area contributed by atoms with Gasteiger partial charge >= 0.3 is 5.69 Å². The molecule has 1 fully saturated rings. The molecule has 1 aliphatic heterocycles. The Labute approximate surface area is 143 Å². The average molecular weight is 342 g/mol. The van der Waals surface area contributed by atoms with E-state index in [0.717, 1.165) is 31.5 Å². The van der Waals surface area contributed by atoms with Gasteiger partial charge in [-0.2, -0.15) is 0 Å². The highest BCUT2D eigenvalue weighted by molar-refractivity contribution is 5.63. The van der Waals surface area contributed by atoms with Gasteiger partial charge in [0.1, 0.15) is 5.82 Å². The highest BCUT2D eigenvalue weighted by atomic mass is 19.1. The molecule has 0 bridgehead atoms. The van der Waals surface area contributed by atoms with Crippen molar-refractivity contribution in [2.75, 3.05) is 18.0 Å². The van der Waals surface area contributed by atoms with Gasteiger partial charge in [-0.25, -0.2) is 23.3 Å². The van der Waals surface area contributed by atoms with Crippen molar-refractivity contribution in [3.05, 3.63) is 58.5 Å². The SMILES string of the molecule is NC1CCN(c2nccn3c(=O)n(Cc4ccc(F)cc4)nc23)CC1. The molecule has 25 heavy (non-hydrogen) atoms. The van der Waals surface area contributed by atoms with Crippen LogP contribution in [0.4, 0.5) is 10.2 Å². The summed E-state index contributed by atoms with van der Waals surface area (Å²) in [6.07, 6.45) is 5.01. The van der Waals surface area contributed by atoms with Crippen molar-refractivity contribution in [1.82, 2.24) is 19.2 Å². The van der Waals surface area contributed by atoms with Crippen LogP contribution in [0.5, 0.6) is 0 Å². The molecule has 0 saturated carbocycles. The number of nitrogens with zero attached hydrogens (tertiary/aromatic N) is 5. The van der Waals surface area contributed by atoms with Gasteiger partial charge in [0, 0.05) is 31.5 Å². The van der Waals surface area contributed by atoms with E-state index >= 15 is 0 Å². The Bertz CT molecular complexity index is 940. The first kappa shape index (κ1) is 15.8. The predicted octanol–water partition coefficient (Wildman–Crippen LogP) is 1.01. The van der Waals surface area contributed by atoms with Crippen molar-refractivity contribution >= 4 is 11.5 Å². The van der Waals surface area contributed by atoms with Crippen molar-refractivity contribution in [3.8, 4) is 0 Å². The molecule has 0 aliphatic carbocycles. The zero-order valence-electron chi connectivity index (χ0n) is 13.7. The van der Waals surface area contributed by atoms with Gasteiger partial charge in [0.05, 0.1) is 6.54 Å². The van der Waals surface area contributed by atoms with Gasteiger partial charge in [-0.15, -0.1) is 5.10 Å². The summed E-state index contributed by atoms with van der Waals surface area (Å²) >= 11 is 0. The molecule has 0 atom stereocenters. The molecule has 1 saturated heterocycles. The van der Waals surface area contributed by atoms with Crippen LogP contribution in [0, 0.1) is 5.82 Å². The number of aromatic nitrogens is 4. The molecule has 3 aromatic rings. The number of fused-ring (bicyclic) bond motifs is 1. The Morgan fingerprint density at radius 3 is 2.64 bits per heavy atom. The third-order valence-electron chi connectivity index (χ3n) is 4.57. The molecule has 0 radical (unpaired) electrons. The summed E-state index contributed by atoms with van der Waals surface area (Å²) in [6, 6.07) is 6.27. The normalized spacial score (nSPS) is 15.8. The van der Waals surface area contributed by atoms with Gasteiger partial charge in [0.15, 0.2) is 5.82 Å². The summed E-state index contributed by atoms with van der Waals surface area (Å²) in [6.45, 7) is 1.88. The lowest BCUT2D eigenvalue weighted by Gasteiger charge is -2.30. The lowest BCUT2D eigenvalue weighted by Crippen LogP contribution is -2.40. The molecule has 1 aliphatic rings. The number of rotatable bonds is 3. The number of benzene rings is 1. The van der Waals surface area contributed by atoms with Crippen LogP contribution >= 0.6 is 0 Å². The topological polar surface area (TPSA) is 81.5 Å². The smallest absolute Gasteiger partial charge is 0.350 e. The monoisotopic (exact) mass is 342 g/mol. The molecule has 4 rings (SSSR count). The van der Waals surface area contributed by atoms with E-state index in [-0.39, 0.29) is 24.1 Å². The number of hydrogen-bond donors (Lipinski definition) is 1. The Hall–Kier alpha value is -2.74. The van der Waals surface area contributed by atoms with E-state index in [4.69, 9.17) is 5.73 Å². The summed E-state index contributed by atoms with van der Waals surface area (Å²) in [7, 11) is 0. The van der Waals surface area contributed by atoms with Crippen molar-refractivity contribution < 1.29 is 4.39 Å². The van der Waals surface area contributed by atoms with Gasteiger partial charge in [-0.1, -0.05) is 12.1 Å². The first-order valence-corrected chi connectivity index (χ1v) is 8.31. The van der Waals surface area contributed by atoms with E-state index < -0.39 is 0 Å². The molecule has 0 spiro atoms. The van der Waals surface area contributed by atoms with Crippen LogP contribution in [-0.4, -0.2) is 38.3 Å². The van der Waals surface area contributed by atoms with Gasteiger partial charge in [-0.05, 0) is 30.5 Å². The standard InChI is InChI=1S/C17H19FN6O/c18-13-3-1-12(2-4-13)11-24-17(25)23-10-7-20-15(16(23)21-24)22-8-5-14(19)6-9-22/h1-4,7,10,14H,5-6,8-9,11,19H2. The van der Waals surface area contributed by atoms with E-state index in [1.807, 2.05) is 0 Å². The molecule has 130 valence electrons. The fraction of sp³-hybridized carbons (Fsp3) is 0.353. The fourth-order valence-corrected chi connectivity index (χ4v) is 3.14. The molecule has 2 aromatic heterocycles. The Morgan fingerprint density at radius 2 is 1.92 bits per heavy atom. The van der Waals surface area contributed by atoms with Crippen LogP contribution in [0.25, 0.3) is 5.65 Å². The Kier molecular flexibility index (Phi) is 3.96. The molecule has 8 heteroatoms. The second kappa shape index (κ2) is 6.29. The van der Waals surface area contributed by atoms with Crippen LogP contribution in [0.2, 0.25) is 0 Å². The zero-order valence-corrected chi connectivity index (χ0v) is 13.7. The lowest BCUT2D eigenvalue weighted by molar-refractivity contribution is 0.499. The fourth-order valence-electron chi connectivity index (χ4n) is 3.14.